The molecule has 1 saturated carbocycles. The van der Waals surface area contributed by atoms with Crippen LogP contribution in [0.3, 0.4) is 0 Å². The van der Waals surface area contributed by atoms with Crippen molar-refractivity contribution in [3.63, 3.8) is 0 Å². The minimum atomic E-state index is -4.58. The number of nitrogens with two attached hydrogens (primary N) is 1. The zero-order valence-corrected chi connectivity index (χ0v) is 10.2. The molecule has 0 bridgehead atoms. The zero-order valence-electron chi connectivity index (χ0n) is 10.2. The minimum Gasteiger partial charge on any atom is -0.384 e. The molecule has 1 aromatic heterocycles. The van der Waals surface area contributed by atoms with Gasteiger partial charge in [-0.2, -0.15) is 13.2 Å². The average Bonchev–Trinajstić information content (AvgIpc) is 2.81. The van der Waals surface area contributed by atoms with E-state index in [1.165, 1.54) is 6.07 Å². The molecule has 0 aromatic carbocycles. The lowest BCUT2D eigenvalue weighted by Crippen LogP contribution is -2.15. The van der Waals surface area contributed by atoms with Gasteiger partial charge >= 0.3 is 6.18 Å². The lowest BCUT2D eigenvalue weighted by atomic mass is 10.1. The molecule has 1 aliphatic rings. The Hall–Kier alpha value is -1.53. The summed E-state index contributed by atoms with van der Waals surface area (Å²) in [5, 5.41) is 2.88. The number of alkyl halides is 3. The number of nitrogens with one attached hydrogen (secondary N) is 1. The van der Waals surface area contributed by atoms with Gasteiger partial charge in [0, 0.05) is 12.6 Å². The molecule has 3 N–H and O–H groups in total. The highest BCUT2D eigenvalue weighted by atomic mass is 19.4. The molecular formula is C11H15F3N4. The van der Waals surface area contributed by atoms with Crippen LogP contribution in [0, 0.1) is 11.3 Å². The molecule has 7 heteroatoms. The van der Waals surface area contributed by atoms with Crippen LogP contribution in [0.2, 0.25) is 0 Å². The number of rotatable bonds is 3. The molecule has 100 valence electrons. The van der Waals surface area contributed by atoms with Gasteiger partial charge < -0.3 is 11.1 Å². The number of halogens is 3. The molecule has 1 unspecified atom stereocenters. The summed E-state index contributed by atoms with van der Waals surface area (Å²) in [5.41, 5.74) is 5.60. The minimum absolute atomic E-state index is 0.123. The predicted molar refractivity (Wildman–Crippen MR) is 61.8 cm³/mol. The summed E-state index contributed by atoms with van der Waals surface area (Å²) in [5.74, 6) is -0.810. The highest BCUT2D eigenvalue weighted by molar-refractivity contribution is 5.45. The van der Waals surface area contributed by atoms with Gasteiger partial charge in [-0.05, 0) is 17.8 Å². The largest absolute Gasteiger partial charge is 0.451 e. The van der Waals surface area contributed by atoms with Crippen LogP contribution in [0.5, 0.6) is 0 Å². The van der Waals surface area contributed by atoms with E-state index in [0.717, 1.165) is 6.42 Å². The molecular weight excluding hydrogens is 245 g/mol. The summed E-state index contributed by atoms with van der Waals surface area (Å²) in [6, 6.07) is 1.31. The SMILES string of the molecule is CC1(C)CC1CNc1cc(N)nc(C(F)(F)F)n1. The molecule has 0 saturated heterocycles. The molecule has 1 aromatic rings. The van der Waals surface area contributed by atoms with E-state index in [1.54, 1.807) is 0 Å². The van der Waals surface area contributed by atoms with Gasteiger partial charge in [-0.3, -0.25) is 0 Å². The number of anilines is 2. The number of hydrogen-bond donors (Lipinski definition) is 2. The Morgan fingerprint density at radius 3 is 2.56 bits per heavy atom. The van der Waals surface area contributed by atoms with Crippen LogP contribution in [0.25, 0.3) is 0 Å². The van der Waals surface area contributed by atoms with Crippen molar-refractivity contribution in [1.82, 2.24) is 9.97 Å². The Morgan fingerprint density at radius 2 is 2.06 bits per heavy atom. The quantitative estimate of drug-likeness (QED) is 0.876. The Labute approximate surface area is 103 Å². The van der Waals surface area contributed by atoms with Crippen molar-refractivity contribution >= 4 is 11.6 Å². The Morgan fingerprint density at radius 1 is 1.44 bits per heavy atom. The first kappa shape index (κ1) is 12.9. The molecule has 0 spiro atoms. The average molecular weight is 260 g/mol. The maximum Gasteiger partial charge on any atom is 0.451 e. The molecule has 1 aliphatic carbocycles. The van der Waals surface area contributed by atoms with Crippen molar-refractivity contribution < 1.29 is 13.2 Å². The van der Waals surface area contributed by atoms with E-state index in [9.17, 15) is 13.2 Å². The molecule has 0 aliphatic heterocycles. The third kappa shape index (κ3) is 2.83. The third-order valence-corrected chi connectivity index (χ3v) is 3.25. The summed E-state index contributed by atoms with van der Waals surface area (Å²) >= 11 is 0. The Balaban J connectivity index is 2.07. The molecule has 1 heterocycles. The van der Waals surface area contributed by atoms with Gasteiger partial charge in [-0.15, -0.1) is 0 Å². The second kappa shape index (κ2) is 4.00. The summed E-state index contributed by atoms with van der Waals surface area (Å²) in [7, 11) is 0. The second-order valence-corrected chi connectivity index (χ2v) is 5.27. The first-order valence-corrected chi connectivity index (χ1v) is 5.64. The fraction of sp³-hybridized carbons (Fsp3) is 0.636. The molecule has 0 radical (unpaired) electrons. The smallest absolute Gasteiger partial charge is 0.384 e. The van der Waals surface area contributed by atoms with Crippen LogP contribution < -0.4 is 11.1 Å². The first-order valence-electron chi connectivity index (χ1n) is 5.64. The maximum absolute atomic E-state index is 12.5. The van der Waals surface area contributed by atoms with Crippen LogP contribution in [0.4, 0.5) is 24.8 Å². The Kier molecular flexibility index (Phi) is 2.87. The van der Waals surface area contributed by atoms with E-state index >= 15 is 0 Å². The molecule has 1 atom stereocenters. The number of aromatic nitrogens is 2. The van der Waals surface area contributed by atoms with E-state index in [1.807, 2.05) is 0 Å². The monoisotopic (exact) mass is 260 g/mol. The van der Waals surface area contributed by atoms with Gasteiger partial charge in [-0.25, -0.2) is 9.97 Å². The fourth-order valence-electron chi connectivity index (χ4n) is 1.84. The van der Waals surface area contributed by atoms with E-state index in [4.69, 9.17) is 5.73 Å². The van der Waals surface area contributed by atoms with Crippen molar-refractivity contribution in [3.8, 4) is 0 Å². The van der Waals surface area contributed by atoms with Crippen molar-refractivity contribution in [3.05, 3.63) is 11.9 Å². The summed E-state index contributed by atoms with van der Waals surface area (Å²) in [6.45, 7) is 4.84. The van der Waals surface area contributed by atoms with E-state index < -0.39 is 12.0 Å². The maximum atomic E-state index is 12.5. The summed E-state index contributed by atoms with van der Waals surface area (Å²) in [4.78, 5) is 6.60. The zero-order chi connectivity index (χ0) is 13.6. The second-order valence-electron chi connectivity index (χ2n) is 5.27. The number of hydrogen-bond acceptors (Lipinski definition) is 4. The number of nitrogen functional groups attached to an aromatic ring is 1. The molecule has 0 amide bonds. The molecule has 18 heavy (non-hydrogen) atoms. The van der Waals surface area contributed by atoms with Gasteiger partial charge in [0.05, 0.1) is 0 Å². The van der Waals surface area contributed by atoms with Gasteiger partial charge in [-0.1, -0.05) is 13.8 Å². The van der Waals surface area contributed by atoms with E-state index in [2.05, 4.69) is 29.1 Å². The fourth-order valence-corrected chi connectivity index (χ4v) is 1.84. The van der Waals surface area contributed by atoms with Crippen molar-refractivity contribution in [1.29, 1.82) is 0 Å². The van der Waals surface area contributed by atoms with Crippen molar-refractivity contribution in [2.45, 2.75) is 26.4 Å². The van der Waals surface area contributed by atoms with Crippen molar-refractivity contribution in [2.24, 2.45) is 11.3 Å². The van der Waals surface area contributed by atoms with E-state index in [0.29, 0.717) is 12.5 Å². The molecule has 2 rings (SSSR count). The van der Waals surface area contributed by atoms with Gasteiger partial charge in [0.1, 0.15) is 11.6 Å². The standard InChI is InChI=1S/C11H15F3N4/c1-10(2)4-6(10)5-16-8-3-7(15)17-9(18-8)11(12,13)14/h3,6H,4-5H2,1-2H3,(H3,15,16,17,18). The summed E-state index contributed by atoms with van der Waals surface area (Å²) in [6.07, 6.45) is -3.52. The van der Waals surface area contributed by atoms with Gasteiger partial charge in [0.25, 0.3) is 0 Å². The normalized spacial score (nSPS) is 21.7. The van der Waals surface area contributed by atoms with Crippen LogP contribution >= 0.6 is 0 Å². The topological polar surface area (TPSA) is 63.8 Å². The first-order chi connectivity index (χ1) is 8.18. The number of nitrogens with zero attached hydrogens (tertiary/aromatic N) is 2. The van der Waals surface area contributed by atoms with Crippen molar-refractivity contribution in [2.75, 3.05) is 17.6 Å². The molecule has 1 fully saturated rings. The van der Waals surface area contributed by atoms with Crippen LogP contribution in [0.1, 0.15) is 26.1 Å². The third-order valence-electron chi connectivity index (χ3n) is 3.25. The lowest BCUT2D eigenvalue weighted by Gasteiger charge is -2.10. The summed E-state index contributed by atoms with van der Waals surface area (Å²) < 4.78 is 37.4. The van der Waals surface area contributed by atoms with Crippen LogP contribution in [0.15, 0.2) is 6.07 Å². The van der Waals surface area contributed by atoms with Crippen LogP contribution in [-0.4, -0.2) is 16.5 Å². The highest BCUT2D eigenvalue weighted by Gasteiger charge is 2.45. The van der Waals surface area contributed by atoms with Crippen LogP contribution in [-0.2, 0) is 6.18 Å². The Bertz CT molecular complexity index is 456. The van der Waals surface area contributed by atoms with E-state index in [-0.39, 0.29) is 17.1 Å². The lowest BCUT2D eigenvalue weighted by molar-refractivity contribution is -0.144. The van der Waals surface area contributed by atoms with Gasteiger partial charge in [0.2, 0.25) is 5.82 Å². The highest BCUT2D eigenvalue weighted by Crippen LogP contribution is 2.51. The predicted octanol–water partition coefficient (Wildman–Crippen LogP) is 2.54. The molecule has 4 nitrogen and oxygen atoms in total. The van der Waals surface area contributed by atoms with Gasteiger partial charge in [0.15, 0.2) is 0 Å².